The lowest BCUT2D eigenvalue weighted by Gasteiger charge is -2.10. The number of hydrogen-bond acceptors (Lipinski definition) is 4. The molecule has 0 fully saturated rings. The van der Waals surface area contributed by atoms with Crippen LogP contribution in [0.4, 0.5) is 0 Å². The van der Waals surface area contributed by atoms with Gasteiger partial charge in [-0.15, -0.1) is 0 Å². The van der Waals surface area contributed by atoms with E-state index in [9.17, 15) is 8.42 Å². The molecule has 0 radical (unpaired) electrons. The minimum atomic E-state index is -3.07. The van der Waals surface area contributed by atoms with Crippen molar-refractivity contribution in [3.05, 3.63) is 29.3 Å². The minimum absolute atomic E-state index is 0.0115. The van der Waals surface area contributed by atoms with Gasteiger partial charge in [0.25, 0.3) is 0 Å². The predicted molar refractivity (Wildman–Crippen MR) is 69.1 cm³/mol. The van der Waals surface area contributed by atoms with Gasteiger partial charge in [-0.25, -0.2) is 8.42 Å². The third-order valence-corrected chi connectivity index (χ3v) is 4.07. The molecule has 0 unspecified atom stereocenters. The normalized spacial score (nSPS) is 11.5. The Kier molecular flexibility index (Phi) is 4.96. The molecule has 0 aliphatic rings. The third-order valence-electron chi connectivity index (χ3n) is 2.42. The molecular weight excluding hydrogens is 238 g/mol. The van der Waals surface area contributed by atoms with Gasteiger partial charge in [0.15, 0.2) is 9.84 Å². The van der Waals surface area contributed by atoms with Crippen LogP contribution in [-0.2, 0) is 9.84 Å². The Bertz CT molecular complexity index is 469. The van der Waals surface area contributed by atoms with E-state index < -0.39 is 9.84 Å². The first-order chi connectivity index (χ1) is 7.94. The second-order valence-corrected chi connectivity index (χ2v) is 6.36. The van der Waals surface area contributed by atoms with E-state index in [0.717, 1.165) is 16.9 Å². The van der Waals surface area contributed by atoms with Crippen molar-refractivity contribution in [2.45, 2.75) is 13.8 Å². The summed E-state index contributed by atoms with van der Waals surface area (Å²) in [5, 5.41) is 0. The monoisotopic (exact) mass is 257 g/mol. The van der Waals surface area contributed by atoms with Crippen LogP contribution in [0, 0.1) is 13.8 Å². The molecule has 0 atom stereocenters. The van der Waals surface area contributed by atoms with Gasteiger partial charge in [-0.3, -0.25) is 0 Å². The number of aryl methyl sites for hydroxylation is 2. The number of ether oxygens (including phenoxy) is 1. The molecule has 0 saturated heterocycles. The predicted octanol–water partition coefficient (Wildman–Crippen LogP) is 1.06. The topological polar surface area (TPSA) is 69.4 Å². The molecule has 1 aromatic rings. The maximum absolute atomic E-state index is 11.4. The molecule has 0 aliphatic heterocycles. The van der Waals surface area contributed by atoms with Crippen molar-refractivity contribution < 1.29 is 13.2 Å². The Hall–Kier alpha value is -1.07. The van der Waals surface area contributed by atoms with Crippen LogP contribution in [0.15, 0.2) is 18.2 Å². The van der Waals surface area contributed by atoms with Crippen LogP contribution in [0.1, 0.15) is 11.1 Å². The van der Waals surface area contributed by atoms with Crippen LogP contribution in [0.3, 0.4) is 0 Å². The average Bonchev–Trinajstić information content (AvgIpc) is 2.23. The van der Waals surface area contributed by atoms with E-state index in [-0.39, 0.29) is 24.7 Å². The number of sulfone groups is 1. The van der Waals surface area contributed by atoms with Crippen LogP contribution < -0.4 is 10.5 Å². The summed E-state index contributed by atoms with van der Waals surface area (Å²) in [5.74, 6) is 0.772. The molecule has 2 N–H and O–H groups in total. The second-order valence-electron chi connectivity index (χ2n) is 4.06. The molecule has 17 heavy (non-hydrogen) atoms. The molecular formula is C12H19NO3S. The summed E-state index contributed by atoms with van der Waals surface area (Å²) in [4.78, 5) is 0. The molecule has 0 amide bonds. The smallest absolute Gasteiger partial charge is 0.154 e. The highest BCUT2D eigenvalue weighted by Gasteiger charge is 2.10. The molecule has 1 aromatic carbocycles. The van der Waals surface area contributed by atoms with Crippen LogP contribution in [0.5, 0.6) is 5.75 Å². The lowest BCUT2D eigenvalue weighted by Crippen LogP contribution is -2.22. The standard InChI is InChI=1S/C12H19NO3S/c1-10-3-4-11(2)12(9-10)16-6-8-17(14,15)7-5-13/h3-4,9H,5-8,13H2,1-2H3. The summed E-state index contributed by atoms with van der Waals surface area (Å²) in [6.07, 6.45) is 0. The fraction of sp³-hybridized carbons (Fsp3) is 0.500. The van der Waals surface area contributed by atoms with Crippen LogP contribution >= 0.6 is 0 Å². The molecule has 0 aromatic heterocycles. The minimum Gasteiger partial charge on any atom is -0.492 e. The largest absolute Gasteiger partial charge is 0.492 e. The van der Waals surface area contributed by atoms with E-state index in [4.69, 9.17) is 10.5 Å². The zero-order valence-electron chi connectivity index (χ0n) is 10.3. The maximum atomic E-state index is 11.4. The molecule has 0 aliphatic carbocycles. The second kappa shape index (κ2) is 6.02. The number of hydrogen-bond donors (Lipinski definition) is 1. The van der Waals surface area contributed by atoms with Crippen molar-refractivity contribution in [3.63, 3.8) is 0 Å². The van der Waals surface area contributed by atoms with Crippen molar-refractivity contribution in [2.24, 2.45) is 5.73 Å². The van der Waals surface area contributed by atoms with Crippen LogP contribution in [0.25, 0.3) is 0 Å². The molecule has 5 heteroatoms. The first-order valence-electron chi connectivity index (χ1n) is 5.55. The summed E-state index contributed by atoms with van der Waals surface area (Å²) in [6, 6.07) is 5.86. The molecule has 0 heterocycles. The lowest BCUT2D eigenvalue weighted by molar-refractivity contribution is 0.338. The summed E-state index contributed by atoms with van der Waals surface area (Å²) < 4.78 is 28.3. The zero-order valence-corrected chi connectivity index (χ0v) is 11.1. The van der Waals surface area contributed by atoms with E-state index in [1.807, 2.05) is 32.0 Å². The van der Waals surface area contributed by atoms with Crippen LogP contribution in [0.2, 0.25) is 0 Å². The molecule has 0 spiro atoms. The molecule has 4 nitrogen and oxygen atoms in total. The van der Waals surface area contributed by atoms with Crippen LogP contribution in [-0.4, -0.2) is 33.1 Å². The van der Waals surface area contributed by atoms with Crippen molar-refractivity contribution in [2.75, 3.05) is 24.7 Å². The van der Waals surface area contributed by atoms with Gasteiger partial charge < -0.3 is 10.5 Å². The summed E-state index contributed by atoms with van der Waals surface area (Å²) in [5.41, 5.74) is 7.32. The van der Waals surface area contributed by atoms with Gasteiger partial charge in [-0.05, 0) is 31.0 Å². The highest BCUT2D eigenvalue weighted by Crippen LogP contribution is 2.18. The Morgan fingerprint density at radius 2 is 1.94 bits per heavy atom. The van der Waals surface area contributed by atoms with Crippen molar-refractivity contribution in [3.8, 4) is 5.75 Å². The summed E-state index contributed by atoms with van der Waals surface area (Å²) >= 11 is 0. The highest BCUT2D eigenvalue weighted by atomic mass is 32.2. The summed E-state index contributed by atoms with van der Waals surface area (Å²) in [7, 11) is -3.07. The van der Waals surface area contributed by atoms with Crippen molar-refractivity contribution in [1.29, 1.82) is 0 Å². The van der Waals surface area contributed by atoms with Gasteiger partial charge >= 0.3 is 0 Å². The van der Waals surface area contributed by atoms with E-state index in [2.05, 4.69) is 0 Å². The Labute approximate surface area is 103 Å². The van der Waals surface area contributed by atoms with Gasteiger partial charge in [0.05, 0.1) is 11.5 Å². The van der Waals surface area contributed by atoms with Crippen molar-refractivity contribution in [1.82, 2.24) is 0 Å². The molecule has 0 saturated carbocycles. The van der Waals surface area contributed by atoms with Gasteiger partial charge in [0, 0.05) is 6.54 Å². The first-order valence-corrected chi connectivity index (χ1v) is 7.37. The van der Waals surface area contributed by atoms with Gasteiger partial charge in [-0.1, -0.05) is 12.1 Å². The molecule has 0 bridgehead atoms. The number of benzene rings is 1. The Morgan fingerprint density at radius 3 is 2.59 bits per heavy atom. The third kappa shape index (κ3) is 4.75. The molecule has 1 rings (SSSR count). The number of nitrogens with two attached hydrogens (primary N) is 1. The van der Waals surface area contributed by atoms with Gasteiger partial charge in [-0.2, -0.15) is 0 Å². The van der Waals surface area contributed by atoms with Gasteiger partial charge in [0.1, 0.15) is 12.4 Å². The fourth-order valence-electron chi connectivity index (χ4n) is 1.42. The van der Waals surface area contributed by atoms with E-state index in [1.54, 1.807) is 0 Å². The lowest BCUT2D eigenvalue weighted by atomic mass is 10.1. The number of rotatable bonds is 6. The Balaban J connectivity index is 2.54. The molecule has 96 valence electrons. The Morgan fingerprint density at radius 1 is 1.24 bits per heavy atom. The quantitative estimate of drug-likeness (QED) is 0.827. The van der Waals surface area contributed by atoms with E-state index in [0.29, 0.717) is 0 Å². The maximum Gasteiger partial charge on any atom is 0.154 e. The van der Waals surface area contributed by atoms with Gasteiger partial charge in [0.2, 0.25) is 0 Å². The fourth-order valence-corrected chi connectivity index (χ4v) is 2.32. The SMILES string of the molecule is Cc1ccc(C)c(OCCS(=O)(=O)CCN)c1. The first kappa shape index (κ1) is 14.0. The summed E-state index contributed by atoms with van der Waals surface area (Å²) in [6.45, 7) is 4.24. The highest BCUT2D eigenvalue weighted by molar-refractivity contribution is 7.91. The zero-order chi connectivity index (χ0) is 12.9. The average molecular weight is 257 g/mol. The van der Waals surface area contributed by atoms with E-state index >= 15 is 0 Å². The van der Waals surface area contributed by atoms with Crippen molar-refractivity contribution >= 4 is 9.84 Å². The van der Waals surface area contributed by atoms with E-state index in [1.165, 1.54) is 0 Å².